The number of methoxy groups -OCH3 is 1. The first kappa shape index (κ1) is 13.5. The molecule has 0 bridgehead atoms. The van der Waals surface area contributed by atoms with E-state index in [-0.39, 0.29) is 17.5 Å². The van der Waals surface area contributed by atoms with Gasteiger partial charge >= 0.3 is 0 Å². The lowest BCUT2D eigenvalue weighted by Crippen LogP contribution is -2.55. The third-order valence-corrected chi connectivity index (χ3v) is 2.81. The van der Waals surface area contributed by atoms with Gasteiger partial charge < -0.3 is 15.4 Å². The molecular formula is C12H24N2O2. The largest absolute Gasteiger partial charge is 0.381 e. The van der Waals surface area contributed by atoms with Crippen LogP contribution in [0, 0.1) is 0 Å². The third-order valence-electron chi connectivity index (χ3n) is 2.81. The number of carbonyl (C=O) groups is 1. The normalized spacial score (nSPS) is 27.1. The molecule has 1 amide bonds. The standard InChI is InChI=1S/C12H24N2O2/c1-8(11(15)14-12(2,3)4)13-9-6-10(7-9)16-5/h8-10,13H,6-7H2,1-5H3,(H,14,15). The molecule has 0 aromatic rings. The molecule has 0 radical (unpaired) electrons. The molecule has 94 valence electrons. The van der Waals surface area contributed by atoms with Gasteiger partial charge in [0.15, 0.2) is 0 Å². The van der Waals surface area contributed by atoms with Gasteiger partial charge in [-0.3, -0.25) is 4.79 Å². The van der Waals surface area contributed by atoms with Crippen molar-refractivity contribution < 1.29 is 9.53 Å². The minimum absolute atomic E-state index is 0.0633. The van der Waals surface area contributed by atoms with Crippen LogP contribution in [0.25, 0.3) is 0 Å². The highest BCUT2D eigenvalue weighted by Crippen LogP contribution is 2.22. The minimum atomic E-state index is -0.165. The van der Waals surface area contributed by atoms with Crippen molar-refractivity contribution in [2.45, 2.75) is 64.3 Å². The Bertz CT molecular complexity index is 242. The van der Waals surface area contributed by atoms with Crippen LogP contribution in [0.3, 0.4) is 0 Å². The molecule has 0 saturated heterocycles. The van der Waals surface area contributed by atoms with E-state index in [9.17, 15) is 4.79 Å². The zero-order valence-electron chi connectivity index (χ0n) is 11.0. The minimum Gasteiger partial charge on any atom is -0.381 e. The van der Waals surface area contributed by atoms with Crippen LogP contribution in [-0.2, 0) is 9.53 Å². The number of amides is 1. The van der Waals surface area contributed by atoms with Gasteiger partial charge in [0.25, 0.3) is 0 Å². The van der Waals surface area contributed by atoms with Crippen molar-refractivity contribution in [1.82, 2.24) is 10.6 Å². The van der Waals surface area contributed by atoms with Crippen LogP contribution < -0.4 is 10.6 Å². The lowest BCUT2D eigenvalue weighted by molar-refractivity contribution is -0.124. The summed E-state index contributed by atoms with van der Waals surface area (Å²) >= 11 is 0. The summed E-state index contributed by atoms with van der Waals surface area (Å²) in [6.45, 7) is 7.87. The molecule has 4 nitrogen and oxygen atoms in total. The van der Waals surface area contributed by atoms with Crippen molar-refractivity contribution >= 4 is 5.91 Å². The maximum atomic E-state index is 11.8. The van der Waals surface area contributed by atoms with Crippen molar-refractivity contribution in [2.75, 3.05) is 7.11 Å². The zero-order chi connectivity index (χ0) is 12.3. The molecule has 0 aromatic heterocycles. The summed E-state index contributed by atoms with van der Waals surface area (Å²) in [5.74, 6) is 0.0633. The molecule has 1 atom stereocenters. The Hall–Kier alpha value is -0.610. The molecule has 16 heavy (non-hydrogen) atoms. The fourth-order valence-electron chi connectivity index (χ4n) is 1.80. The van der Waals surface area contributed by atoms with Crippen molar-refractivity contribution in [1.29, 1.82) is 0 Å². The lowest BCUT2D eigenvalue weighted by atomic mass is 9.88. The summed E-state index contributed by atoms with van der Waals surface area (Å²) < 4.78 is 5.20. The van der Waals surface area contributed by atoms with Gasteiger partial charge in [-0.15, -0.1) is 0 Å². The number of nitrogens with one attached hydrogen (secondary N) is 2. The van der Waals surface area contributed by atoms with Gasteiger partial charge in [0.05, 0.1) is 12.1 Å². The summed E-state index contributed by atoms with van der Waals surface area (Å²) in [6.07, 6.45) is 2.38. The topological polar surface area (TPSA) is 50.4 Å². The van der Waals surface area contributed by atoms with Crippen LogP contribution in [0.2, 0.25) is 0 Å². The van der Waals surface area contributed by atoms with E-state index in [0.29, 0.717) is 12.1 Å². The highest BCUT2D eigenvalue weighted by atomic mass is 16.5. The van der Waals surface area contributed by atoms with E-state index in [2.05, 4.69) is 10.6 Å². The quantitative estimate of drug-likeness (QED) is 0.756. The number of carbonyl (C=O) groups excluding carboxylic acids is 1. The van der Waals surface area contributed by atoms with Gasteiger partial charge in [-0.2, -0.15) is 0 Å². The van der Waals surface area contributed by atoms with Crippen LogP contribution in [-0.4, -0.2) is 36.7 Å². The Morgan fingerprint density at radius 3 is 2.38 bits per heavy atom. The van der Waals surface area contributed by atoms with Gasteiger partial charge in [-0.1, -0.05) is 0 Å². The van der Waals surface area contributed by atoms with Gasteiger partial charge in [-0.25, -0.2) is 0 Å². The highest BCUT2D eigenvalue weighted by molar-refractivity contribution is 5.81. The van der Waals surface area contributed by atoms with Crippen molar-refractivity contribution in [2.24, 2.45) is 0 Å². The van der Waals surface area contributed by atoms with Crippen molar-refractivity contribution in [3.63, 3.8) is 0 Å². The molecule has 0 aromatic carbocycles. The van der Waals surface area contributed by atoms with Gasteiger partial charge in [0, 0.05) is 18.7 Å². The Balaban J connectivity index is 2.25. The molecule has 0 spiro atoms. The SMILES string of the molecule is COC1CC(NC(C)C(=O)NC(C)(C)C)C1. The van der Waals surface area contributed by atoms with Gasteiger partial charge in [0.2, 0.25) is 5.91 Å². The molecule has 1 fully saturated rings. The lowest BCUT2D eigenvalue weighted by Gasteiger charge is -2.36. The Morgan fingerprint density at radius 1 is 1.38 bits per heavy atom. The van der Waals surface area contributed by atoms with Crippen LogP contribution >= 0.6 is 0 Å². The van der Waals surface area contributed by atoms with E-state index >= 15 is 0 Å². The number of ether oxygens (including phenoxy) is 1. The van der Waals surface area contributed by atoms with Crippen molar-refractivity contribution in [3.8, 4) is 0 Å². The second kappa shape index (κ2) is 5.15. The van der Waals surface area contributed by atoms with E-state index in [1.165, 1.54) is 0 Å². The van der Waals surface area contributed by atoms with E-state index in [1.807, 2.05) is 27.7 Å². The summed E-state index contributed by atoms with van der Waals surface area (Å²) in [7, 11) is 1.73. The fraction of sp³-hybridized carbons (Fsp3) is 0.917. The first-order chi connectivity index (χ1) is 7.31. The first-order valence-electron chi connectivity index (χ1n) is 5.92. The fourth-order valence-corrected chi connectivity index (χ4v) is 1.80. The van der Waals surface area contributed by atoms with Gasteiger partial charge in [-0.05, 0) is 40.5 Å². The molecular weight excluding hydrogens is 204 g/mol. The van der Waals surface area contributed by atoms with E-state index in [0.717, 1.165) is 12.8 Å². The molecule has 1 rings (SSSR count). The second-order valence-electron chi connectivity index (χ2n) is 5.65. The van der Waals surface area contributed by atoms with Crippen molar-refractivity contribution in [3.05, 3.63) is 0 Å². The maximum absolute atomic E-state index is 11.8. The molecule has 0 heterocycles. The zero-order valence-corrected chi connectivity index (χ0v) is 11.0. The molecule has 2 N–H and O–H groups in total. The number of rotatable bonds is 4. The average molecular weight is 228 g/mol. The van der Waals surface area contributed by atoms with Crippen LogP contribution in [0.15, 0.2) is 0 Å². The molecule has 1 saturated carbocycles. The monoisotopic (exact) mass is 228 g/mol. The first-order valence-corrected chi connectivity index (χ1v) is 5.92. The van der Waals surface area contributed by atoms with Gasteiger partial charge in [0.1, 0.15) is 0 Å². The molecule has 1 unspecified atom stereocenters. The molecule has 1 aliphatic rings. The highest BCUT2D eigenvalue weighted by Gasteiger charge is 2.31. The Kier molecular flexibility index (Phi) is 4.33. The summed E-state index contributed by atoms with van der Waals surface area (Å²) in [5.41, 5.74) is -0.165. The third kappa shape index (κ3) is 4.10. The summed E-state index contributed by atoms with van der Waals surface area (Å²) in [5, 5.41) is 6.28. The predicted molar refractivity (Wildman–Crippen MR) is 64.3 cm³/mol. The average Bonchev–Trinajstić information content (AvgIpc) is 2.07. The summed E-state index contributed by atoms with van der Waals surface area (Å²) in [4.78, 5) is 11.8. The van der Waals surface area contributed by atoms with E-state index < -0.39 is 0 Å². The summed E-state index contributed by atoms with van der Waals surface area (Å²) in [6, 6.07) is 0.285. The smallest absolute Gasteiger partial charge is 0.237 e. The molecule has 1 aliphatic carbocycles. The van der Waals surface area contributed by atoms with E-state index in [1.54, 1.807) is 7.11 Å². The van der Waals surface area contributed by atoms with E-state index in [4.69, 9.17) is 4.74 Å². The molecule has 0 aliphatic heterocycles. The van der Waals surface area contributed by atoms with Crippen LogP contribution in [0.5, 0.6) is 0 Å². The Morgan fingerprint density at radius 2 is 1.94 bits per heavy atom. The second-order valence-corrected chi connectivity index (χ2v) is 5.65. The maximum Gasteiger partial charge on any atom is 0.237 e. The Labute approximate surface area is 98.1 Å². The van der Waals surface area contributed by atoms with Crippen LogP contribution in [0.1, 0.15) is 40.5 Å². The number of hydrogen-bond acceptors (Lipinski definition) is 3. The molecule has 4 heteroatoms. The number of hydrogen-bond donors (Lipinski definition) is 2. The van der Waals surface area contributed by atoms with Crippen LogP contribution in [0.4, 0.5) is 0 Å². The predicted octanol–water partition coefficient (Wildman–Crippen LogP) is 1.06.